The van der Waals surface area contributed by atoms with E-state index in [1.54, 1.807) is 0 Å². The maximum absolute atomic E-state index is 11.3. The summed E-state index contributed by atoms with van der Waals surface area (Å²) in [5.41, 5.74) is 0.127. The van der Waals surface area contributed by atoms with Gasteiger partial charge in [-0.2, -0.15) is 0 Å². The smallest absolute Gasteiger partial charge is 0.543 e. The number of allylic oxidation sites excluding steroid dienone is 1. The maximum Gasteiger partial charge on any atom is 1.00 e. The summed E-state index contributed by atoms with van der Waals surface area (Å²) < 4.78 is 0. The molecule has 1 amide bonds. The predicted octanol–water partition coefficient (Wildman–Crippen LogP) is -2.16. The second kappa shape index (κ2) is 6.72. The molecule has 0 saturated carbocycles. The summed E-state index contributed by atoms with van der Waals surface area (Å²) in [4.78, 5) is 24.5. The summed E-state index contributed by atoms with van der Waals surface area (Å²) >= 11 is 1.51. The first-order valence-electron chi connectivity index (χ1n) is 5.58. The monoisotopic (exact) mass is 279 g/mol. The molecule has 2 aliphatic rings. The number of fused-ring (bicyclic) bond motifs is 1. The topological polar surface area (TPSA) is 60.4 Å². The Morgan fingerprint density at radius 3 is 2.76 bits per heavy atom. The van der Waals surface area contributed by atoms with Crippen molar-refractivity contribution in [2.45, 2.75) is 44.4 Å². The van der Waals surface area contributed by atoms with E-state index in [1.807, 2.05) is 0 Å². The van der Waals surface area contributed by atoms with Crippen molar-refractivity contribution in [2.75, 3.05) is 0 Å². The van der Waals surface area contributed by atoms with Crippen LogP contribution in [0.2, 0.25) is 0 Å². The molecule has 1 saturated heterocycles. The van der Waals surface area contributed by atoms with Crippen LogP contribution in [-0.4, -0.2) is 22.2 Å². The number of thioether (sulfide) groups is 1. The van der Waals surface area contributed by atoms with Crippen molar-refractivity contribution in [1.29, 1.82) is 0 Å². The predicted molar refractivity (Wildman–Crippen MR) is 59.0 cm³/mol. The minimum absolute atomic E-state index is 0. The minimum atomic E-state index is -1.21. The second-order valence-corrected chi connectivity index (χ2v) is 5.33. The Bertz CT molecular complexity index is 370. The standard InChI is InChI=1S/C11H15NO3S.K/c1-2-3-4-5-7-10(11(14)15)12-8(13)6-9(12)16-7;/h9H,2-6H2,1H3,(H,14,15);/q;+1/p-1/t9-;/m0./s1. The molecule has 2 rings (SSSR count). The first-order valence-corrected chi connectivity index (χ1v) is 6.46. The van der Waals surface area contributed by atoms with Gasteiger partial charge in [0.15, 0.2) is 0 Å². The fraction of sp³-hybridized carbons (Fsp3) is 0.636. The van der Waals surface area contributed by atoms with Crippen molar-refractivity contribution >= 4 is 23.6 Å². The summed E-state index contributed by atoms with van der Waals surface area (Å²) in [6.07, 6.45) is 4.37. The number of carboxylic acid groups (broad SMARTS) is 1. The van der Waals surface area contributed by atoms with Crippen molar-refractivity contribution < 1.29 is 66.1 Å². The normalized spacial score (nSPS) is 22.1. The Kier molecular flexibility index (Phi) is 6.22. The van der Waals surface area contributed by atoms with E-state index in [9.17, 15) is 14.7 Å². The molecule has 2 aliphatic heterocycles. The third-order valence-corrected chi connectivity index (χ3v) is 4.22. The van der Waals surface area contributed by atoms with Crippen molar-refractivity contribution in [3.05, 3.63) is 10.6 Å². The van der Waals surface area contributed by atoms with Crippen LogP contribution in [0.25, 0.3) is 0 Å². The number of carbonyl (C=O) groups excluding carboxylic acids is 2. The molecule has 0 bridgehead atoms. The molecule has 1 atom stereocenters. The molecule has 0 aromatic heterocycles. The Labute approximate surface area is 148 Å². The molecule has 0 aromatic carbocycles. The average molecular weight is 279 g/mol. The zero-order valence-electron chi connectivity index (χ0n) is 10.2. The van der Waals surface area contributed by atoms with Crippen LogP contribution in [0.5, 0.6) is 0 Å². The zero-order chi connectivity index (χ0) is 11.7. The molecule has 0 spiro atoms. The molecule has 1 fully saturated rings. The van der Waals surface area contributed by atoms with Gasteiger partial charge in [-0.1, -0.05) is 19.8 Å². The van der Waals surface area contributed by atoms with Gasteiger partial charge in [-0.15, -0.1) is 11.8 Å². The molecule has 0 aliphatic carbocycles. The third kappa shape index (κ3) is 3.16. The Morgan fingerprint density at radius 1 is 1.53 bits per heavy atom. The van der Waals surface area contributed by atoms with E-state index < -0.39 is 5.97 Å². The van der Waals surface area contributed by atoms with E-state index in [0.717, 1.165) is 30.6 Å². The number of hydrogen-bond acceptors (Lipinski definition) is 4. The Balaban J connectivity index is 0.00000144. The summed E-state index contributed by atoms with van der Waals surface area (Å²) in [6.45, 7) is 2.10. The molecule has 0 aromatic rings. The van der Waals surface area contributed by atoms with Crippen LogP contribution in [0.4, 0.5) is 0 Å². The number of unbranched alkanes of at least 4 members (excludes halogenated alkanes) is 2. The molecule has 0 N–H and O–H groups in total. The number of aliphatic carboxylic acids is 1. The van der Waals surface area contributed by atoms with Crippen LogP contribution in [0.15, 0.2) is 10.6 Å². The molecule has 2 heterocycles. The second-order valence-electron chi connectivity index (χ2n) is 4.06. The van der Waals surface area contributed by atoms with Crippen LogP contribution in [0.3, 0.4) is 0 Å². The molecule has 4 nitrogen and oxygen atoms in total. The van der Waals surface area contributed by atoms with Crippen LogP contribution in [0.1, 0.15) is 39.0 Å². The van der Waals surface area contributed by atoms with Crippen molar-refractivity contribution in [1.82, 2.24) is 4.90 Å². The SMILES string of the molecule is CCCCCC1=C(C(=O)[O-])N2C(=O)C[C@@H]2S1.[K+]. The van der Waals surface area contributed by atoms with Crippen LogP contribution < -0.4 is 56.5 Å². The largest absolute Gasteiger partial charge is 1.00 e. The van der Waals surface area contributed by atoms with Crippen molar-refractivity contribution in [2.24, 2.45) is 0 Å². The first kappa shape index (κ1) is 15.7. The molecular formula is C11H14KNO3S. The molecule has 88 valence electrons. The van der Waals surface area contributed by atoms with Crippen LogP contribution in [-0.2, 0) is 9.59 Å². The van der Waals surface area contributed by atoms with E-state index >= 15 is 0 Å². The molecule has 0 unspecified atom stereocenters. The van der Waals surface area contributed by atoms with Gasteiger partial charge in [0.2, 0.25) is 5.91 Å². The number of hydrogen-bond donors (Lipinski definition) is 0. The fourth-order valence-corrected chi connectivity index (χ4v) is 3.47. The summed E-state index contributed by atoms with van der Waals surface area (Å²) in [5.74, 6) is -1.31. The zero-order valence-corrected chi connectivity index (χ0v) is 14.1. The van der Waals surface area contributed by atoms with E-state index in [-0.39, 0.29) is 68.4 Å². The fourth-order valence-electron chi connectivity index (χ4n) is 2.03. The number of carboxylic acids is 1. The maximum atomic E-state index is 11.3. The summed E-state index contributed by atoms with van der Waals surface area (Å²) in [5, 5.41) is 11.0. The van der Waals surface area contributed by atoms with Gasteiger partial charge in [-0.05, 0) is 12.8 Å². The van der Waals surface area contributed by atoms with Gasteiger partial charge in [0.05, 0.1) is 23.5 Å². The van der Waals surface area contributed by atoms with Gasteiger partial charge in [0.25, 0.3) is 0 Å². The molecular weight excluding hydrogens is 265 g/mol. The Hall–Kier alpha value is 0.666. The van der Waals surface area contributed by atoms with Gasteiger partial charge in [0.1, 0.15) is 0 Å². The van der Waals surface area contributed by atoms with Gasteiger partial charge >= 0.3 is 51.4 Å². The third-order valence-electron chi connectivity index (χ3n) is 2.89. The molecule has 6 heteroatoms. The molecule has 0 radical (unpaired) electrons. The van der Waals surface area contributed by atoms with E-state index in [1.165, 1.54) is 16.7 Å². The minimum Gasteiger partial charge on any atom is -0.543 e. The number of β-lactam (4-membered cyclic amide) rings is 1. The average Bonchev–Trinajstić information content (AvgIpc) is 2.52. The van der Waals surface area contributed by atoms with Gasteiger partial charge in [0, 0.05) is 4.91 Å². The van der Waals surface area contributed by atoms with Gasteiger partial charge < -0.3 is 9.90 Å². The quantitative estimate of drug-likeness (QED) is 0.327. The summed E-state index contributed by atoms with van der Waals surface area (Å²) in [6, 6.07) is 0. The number of carbonyl (C=O) groups is 2. The Morgan fingerprint density at radius 2 is 2.24 bits per heavy atom. The summed E-state index contributed by atoms with van der Waals surface area (Å²) in [7, 11) is 0. The number of nitrogens with zero attached hydrogens (tertiary/aromatic N) is 1. The van der Waals surface area contributed by atoms with E-state index in [2.05, 4.69) is 6.92 Å². The van der Waals surface area contributed by atoms with Crippen molar-refractivity contribution in [3.8, 4) is 0 Å². The van der Waals surface area contributed by atoms with Crippen molar-refractivity contribution in [3.63, 3.8) is 0 Å². The van der Waals surface area contributed by atoms with Crippen LogP contribution >= 0.6 is 11.8 Å². The number of amides is 1. The number of rotatable bonds is 5. The van der Waals surface area contributed by atoms with Crippen LogP contribution in [0, 0.1) is 0 Å². The van der Waals surface area contributed by atoms with E-state index in [4.69, 9.17) is 0 Å². The molecule has 17 heavy (non-hydrogen) atoms. The van der Waals surface area contributed by atoms with Gasteiger partial charge in [-0.3, -0.25) is 9.69 Å². The first-order chi connectivity index (χ1) is 7.65. The van der Waals surface area contributed by atoms with Gasteiger partial charge in [-0.25, -0.2) is 0 Å². The van der Waals surface area contributed by atoms with E-state index in [0.29, 0.717) is 6.42 Å².